The predicted molar refractivity (Wildman–Crippen MR) is 115 cm³/mol. The van der Waals surface area contributed by atoms with Crippen LogP contribution < -0.4 is 20.5 Å². The van der Waals surface area contributed by atoms with Crippen LogP contribution in [0.25, 0.3) is 0 Å². The molecule has 0 spiro atoms. The SMILES string of the molecule is COc1ccc([C@H]2CCCN2C(=O)C[C@H](NC(N)=O)c2ccc(Cl)cc2)cc1OC. The Bertz CT molecular complexity index is 904. The number of amides is 3. The van der Waals surface area contributed by atoms with Crippen LogP contribution in [0.4, 0.5) is 4.79 Å². The van der Waals surface area contributed by atoms with Crippen LogP contribution in [-0.2, 0) is 4.79 Å². The Kier molecular flexibility index (Phi) is 7.05. The second-order valence-electron chi connectivity index (χ2n) is 7.18. The van der Waals surface area contributed by atoms with Crippen molar-refractivity contribution in [1.29, 1.82) is 0 Å². The summed E-state index contributed by atoms with van der Waals surface area (Å²) < 4.78 is 10.7. The van der Waals surface area contributed by atoms with Crippen molar-refractivity contribution in [3.63, 3.8) is 0 Å². The lowest BCUT2D eigenvalue weighted by Crippen LogP contribution is -2.38. The first-order valence-electron chi connectivity index (χ1n) is 9.75. The first-order chi connectivity index (χ1) is 14.4. The monoisotopic (exact) mass is 431 g/mol. The number of ether oxygens (including phenoxy) is 2. The number of rotatable bonds is 7. The zero-order chi connectivity index (χ0) is 21.7. The largest absolute Gasteiger partial charge is 0.493 e. The average Bonchev–Trinajstić information content (AvgIpc) is 3.23. The number of carbonyl (C=O) groups is 2. The van der Waals surface area contributed by atoms with Crippen LogP contribution in [0.5, 0.6) is 11.5 Å². The molecule has 1 aliphatic rings. The fraction of sp³-hybridized carbons (Fsp3) is 0.364. The molecule has 160 valence electrons. The molecule has 1 aliphatic heterocycles. The van der Waals surface area contributed by atoms with E-state index in [1.165, 1.54) is 0 Å². The lowest BCUT2D eigenvalue weighted by atomic mass is 10.0. The van der Waals surface area contributed by atoms with Crippen molar-refractivity contribution in [2.24, 2.45) is 5.73 Å². The Morgan fingerprint density at radius 1 is 1.17 bits per heavy atom. The molecule has 2 atom stereocenters. The molecule has 2 aromatic rings. The minimum absolute atomic E-state index is 0.0546. The number of hydrogen-bond donors (Lipinski definition) is 2. The summed E-state index contributed by atoms with van der Waals surface area (Å²) in [5, 5.41) is 3.25. The van der Waals surface area contributed by atoms with E-state index in [-0.39, 0.29) is 18.4 Å². The van der Waals surface area contributed by atoms with Gasteiger partial charge in [0.2, 0.25) is 5.91 Å². The fourth-order valence-electron chi connectivity index (χ4n) is 3.88. The summed E-state index contributed by atoms with van der Waals surface area (Å²) in [7, 11) is 3.18. The molecule has 1 heterocycles. The summed E-state index contributed by atoms with van der Waals surface area (Å²) in [6.07, 6.45) is 1.87. The van der Waals surface area contributed by atoms with Gasteiger partial charge in [-0.1, -0.05) is 29.8 Å². The third kappa shape index (κ3) is 4.97. The maximum absolute atomic E-state index is 13.2. The molecular formula is C22H26ClN3O4. The van der Waals surface area contributed by atoms with E-state index in [1.54, 1.807) is 38.5 Å². The number of likely N-dealkylation sites (tertiary alicyclic amines) is 1. The highest BCUT2D eigenvalue weighted by atomic mass is 35.5. The first kappa shape index (κ1) is 21.8. The number of methoxy groups -OCH3 is 2. The van der Waals surface area contributed by atoms with Gasteiger partial charge in [-0.15, -0.1) is 0 Å². The number of primary amides is 1. The Hall–Kier alpha value is -2.93. The molecule has 30 heavy (non-hydrogen) atoms. The van der Waals surface area contributed by atoms with E-state index in [1.807, 2.05) is 23.1 Å². The van der Waals surface area contributed by atoms with Crippen molar-refractivity contribution < 1.29 is 19.1 Å². The summed E-state index contributed by atoms with van der Waals surface area (Å²) in [5.74, 6) is 1.22. The molecule has 0 aromatic heterocycles. The summed E-state index contributed by atoms with van der Waals surface area (Å²) in [5.41, 5.74) is 7.10. The maximum atomic E-state index is 13.2. The molecule has 0 radical (unpaired) electrons. The summed E-state index contributed by atoms with van der Waals surface area (Å²) in [6.45, 7) is 0.655. The molecule has 0 saturated carbocycles. The van der Waals surface area contributed by atoms with Gasteiger partial charge in [0.05, 0.1) is 32.7 Å². The third-order valence-corrected chi connectivity index (χ3v) is 5.59. The number of urea groups is 1. The normalized spacial score (nSPS) is 16.8. The van der Waals surface area contributed by atoms with Crippen molar-refractivity contribution in [2.75, 3.05) is 20.8 Å². The van der Waals surface area contributed by atoms with Gasteiger partial charge in [0.25, 0.3) is 0 Å². The third-order valence-electron chi connectivity index (χ3n) is 5.33. The van der Waals surface area contributed by atoms with E-state index in [0.717, 1.165) is 24.0 Å². The van der Waals surface area contributed by atoms with Crippen molar-refractivity contribution in [3.05, 3.63) is 58.6 Å². The van der Waals surface area contributed by atoms with Crippen molar-refractivity contribution >= 4 is 23.5 Å². The van der Waals surface area contributed by atoms with Gasteiger partial charge in [0.15, 0.2) is 11.5 Å². The van der Waals surface area contributed by atoms with Crippen molar-refractivity contribution in [2.45, 2.75) is 31.3 Å². The Balaban J connectivity index is 1.80. The molecule has 7 nitrogen and oxygen atoms in total. The standard InChI is InChI=1S/C22H26ClN3O4/c1-29-19-10-7-15(12-20(19)30-2)18-4-3-11-26(18)21(27)13-17(25-22(24)28)14-5-8-16(23)9-6-14/h5-10,12,17-18H,3-4,11,13H2,1-2H3,(H3,24,25,28)/t17-,18+/m0/s1. The highest BCUT2D eigenvalue weighted by Crippen LogP contribution is 2.37. The zero-order valence-corrected chi connectivity index (χ0v) is 17.8. The summed E-state index contributed by atoms with van der Waals surface area (Å²) >= 11 is 5.96. The summed E-state index contributed by atoms with van der Waals surface area (Å²) in [6, 6.07) is 11.5. The van der Waals surface area contributed by atoms with E-state index in [2.05, 4.69) is 5.32 Å². The number of nitrogens with one attached hydrogen (secondary N) is 1. The molecule has 0 unspecified atom stereocenters. The minimum atomic E-state index is -0.680. The number of carbonyl (C=O) groups excluding carboxylic acids is 2. The van der Waals surface area contributed by atoms with E-state index in [9.17, 15) is 9.59 Å². The van der Waals surface area contributed by atoms with E-state index >= 15 is 0 Å². The van der Waals surface area contributed by atoms with Crippen molar-refractivity contribution in [3.8, 4) is 11.5 Å². The maximum Gasteiger partial charge on any atom is 0.312 e. The molecule has 1 fully saturated rings. The zero-order valence-electron chi connectivity index (χ0n) is 17.1. The Morgan fingerprint density at radius 2 is 1.87 bits per heavy atom. The molecule has 0 bridgehead atoms. The molecule has 8 heteroatoms. The van der Waals surface area contributed by atoms with Gasteiger partial charge in [-0.2, -0.15) is 0 Å². The van der Waals surface area contributed by atoms with Gasteiger partial charge in [-0.05, 0) is 48.2 Å². The second-order valence-corrected chi connectivity index (χ2v) is 7.61. The van der Waals surface area contributed by atoms with E-state index < -0.39 is 12.1 Å². The molecule has 1 saturated heterocycles. The highest BCUT2D eigenvalue weighted by Gasteiger charge is 2.32. The van der Waals surface area contributed by atoms with Crippen LogP contribution in [0.2, 0.25) is 5.02 Å². The number of hydrogen-bond acceptors (Lipinski definition) is 4. The topological polar surface area (TPSA) is 93.9 Å². The number of nitrogens with zero attached hydrogens (tertiary/aromatic N) is 1. The average molecular weight is 432 g/mol. The van der Waals surface area contributed by atoms with Gasteiger partial charge in [0, 0.05) is 11.6 Å². The molecule has 0 aliphatic carbocycles. The van der Waals surface area contributed by atoms with Crippen LogP contribution in [-0.4, -0.2) is 37.6 Å². The predicted octanol–water partition coefficient (Wildman–Crippen LogP) is 3.82. The number of nitrogens with two attached hydrogens (primary N) is 1. The molecule has 3 amide bonds. The molecule has 3 N–H and O–H groups in total. The van der Waals surface area contributed by atoms with Crippen molar-refractivity contribution in [1.82, 2.24) is 10.2 Å². The van der Waals surface area contributed by atoms with Gasteiger partial charge >= 0.3 is 6.03 Å². The summed E-state index contributed by atoms with van der Waals surface area (Å²) in [4.78, 5) is 26.5. The Labute approximate surface area is 181 Å². The van der Waals surface area contributed by atoms with Crippen LogP contribution in [0.15, 0.2) is 42.5 Å². The number of halogens is 1. The molecule has 3 rings (SSSR count). The second kappa shape index (κ2) is 9.71. The van der Waals surface area contributed by atoms with Crippen LogP contribution >= 0.6 is 11.6 Å². The quantitative estimate of drug-likeness (QED) is 0.696. The van der Waals surface area contributed by atoms with Gasteiger partial charge in [-0.3, -0.25) is 4.79 Å². The Morgan fingerprint density at radius 3 is 2.50 bits per heavy atom. The smallest absolute Gasteiger partial charge is 0.312 e. The van der Waals surface area contributed by atoms with E-state index in [4.69, 9.17) is 26.8 Å². The fourth-order valence-corrected chi connectivity index (χ4v) is 4.01. The highest BCUT2D eigenvalue weighted by molar-refractivity contribution is 6.30. The molecule has 2 aromatic carbocycles. The van der Waals surface area contributed by atoms with Crippen LogP contribution in [0.3, 0.4) is 0 Å². The molecular weight excluding hydrogens is 406 g/mol. The van der Waals surface area contributed by atoms with Crippen LogP contribution in [0, 0.1) is 0 Å². The minimum Gasteiger partial charge on any atom is -0.493 e. The van der Waals surface area contributed by atoms with Crippen LogP contribution in [0.1, 0.15) is 42.5 Å². The van der Waals surface area contributed by atoms with E-state index in [0.29, 0.717) is 23.1 Å². The lowest BCUT2D eigenvalue weighted by molar-refractivity contribution is -0.132. The number of benzene rings is 2. The van der Waals surface area contributed by atoms with Gasteiger partial charge in [-0.25, -0.2) is 4.79 Å². The van der Waals surface area contributed by atoms with Gasteiger partial charge in [0.1, 0.15) is 0 Å². The first-order valence-corrected chi connectivity index (χ1v) is 10.1. The lowest BCUT2D eigenvalue weighted by Gasteiger charge is -2.28. The van der Waals surface area contributed by atoms with Gasteiger partial charge < -0.3 is 25.4 Å².